The van der Waals surface area contributed by atoms with Crippen LogP contribution in [0.1, 0.15) is 18.5 Å². The molecular weight excluding hydrogens is 365 g/mol. The molecule has 4 rings (SSSR count). The molecule has 2 aliphatic rings. The minimum Gasteiger partial charge on any atom is -0.317 e. The summed E-state index contributed by atoms with van der Waals surface area (Å²) in [6.45, 7) is 1.89. The Hall–Kier alpha value is -1.27. The van der Waals surface area contributed by atoms with Gasteiger partial charge in [0.1, 0.15) is 0 Å². The van der Waals surface area contributed by atoms with Crippen LogP contribution in [0.3, 0.4) is 0 Å². The zero-order valence-electron chi connectivity index (χ0n) is 13.0. The molecule has 0 atom stereocenters. The van der Waals surface area contributed by atoms with E-state index in [-0.39, 0.29) is 36.5 Å². The Bertz CT molecular complexity index is 794. The molecule has 2 aliphatic heterocycles. The SMILES string of the molecule is Cl.Cl.O=C(/C=C/C1=Cc2n[nH]c3cccc(c23)S1)C1CCNCC1. The number of benzene rings is 1. The van der Waals surface area contributed by atoms with Crippen molar-refractivity contribution in [1.29, 1.82) is 0 Å². The Balaban J connectivity index is 0.00000104. The van der Waals surface area contributed by atoms with E-state index >= 15 is 0 Å². The molecule has 1 aromatic heterocycles. The minimum absolute atomic E-state index is 0. The summed E-state index contributed by atoms with van der Waals surface area (Å²) in [6.07, 6.45) is 7.61. The number of nitrogens with one attached hydrogen (secondary N) is 2. The Kier molecular flexibility index (Phi) is 6.52. The number of nitrogens with zero attached hydrogens (tertiary/aromatic N) is 1. The highest BCUT2D eigenvalue weighted by molar-refractivity contribution is 8.03. The normalized spacial score (nSPS) is 17.2. The highest BCUT2D eigenvalue weighted by Gasteiger charge is 2.19. The molecule has 1 saturated heterocycles. The number of allylic oxidation sites excluding steroid dienone is 2. The molecule has 2 N–H and O–H groups in total. The van der Waals surface area contributed by atoms with Gasteiger partial charge < -0.3 is 5.32 Å². The van der Waals surface area contributed by atoms with Gasteiger partial charge in [0.15, 0.2) is 5.78 Å². The Morgan fingerprint density at radius 3 is 2.83 bits per heavy atom. The number of piperidine rings is 1. The van der Waals surface area contributed by atoms with E-state index in [2.05, 4.69) is 21.6 Å². The number of aromatic nitrogens is 2. The minimum atomic E-state index is 0. The number of hydrogen-bond acceptors (Lipinski definition) is 4. The van der Waals surface area contributed by atoms with Crippen molar-refractivity contribution in [3.05, 3.63) is 41.0 Å². The lowest BCUT2D eigenvalue weighted by Gasteiger charge is -2.20. The third-order valence-corrected chi connectivity index (χ3v) is 5.29. The number of aromatic amines is 1. The standard InChI is InChI=1S/C17H17N3OS.2ClH/c21-15(11-6-8-18-9-7-11)5-4-12-10-14-17-13(19-20-14)2-1-3-16(17)22-12;;/h1-5,10-11,18H,6-9H2,(H,19,20);2*1H/b5-4+;;. The van der Waals surface area contributed by atoms with E-state index in [0.717, 1.165) is 42.0 Å². The number of carbonyl (C=O) groups is 1. The van der Waals surface area contributed by atoms with Gasteiger partial charge in [0, 0.05) is 21.1 Å². The number of carbonyl (C=O) groups excluding carboxylic acids is 1. The van der Waals surface area contributed by atoms with Crippen molar-refractivity contribution in [2.24, 2.45) is 5.92 Å². The molecule has 3 heterocycles. The highest BCUT2D eigenvalue weighted by atomic mass is 35.5. The molecule has 1 aromatic carbocycles. The summed E-state index contributed by atoms with van der Waals surface area (Å²) in [6, 6.07) is 6.16. The Labute approximate surface area is 157 Å². The number of halogens is 2. The fourth-order valence-electron chi connectivity index (χ4n) is 3.03. The summed E-state index contributed by atoms with van der Waals surface area (Å²) >= 11 is 1.69. The molecule has 0 aliphatic carbocycles. The second-order valence-electron chi connectivity index (χ2n) is 5.70. The number of H-pyrrole nitrogens is 1. The van der Waals surface area contributed by atoms with E-state index in [1.807, 2.05) is 24.3 Å². The quantitative estimate of drug-likeness (QED) is 0.786. The fourth-order valence-corrected chi connectivity index (χ4v) is 4.06. The van der Waals surface area contributed by atoms with Crippen molar-refractivity contribution >= 4 is 59.3 Å². The first-order chi connectivity index (χ1) is 10.8. The lowest BCUT2D eigenvalue weighted by atomic mass is 9.93. The van der Waals surface area contributed by atoms with Crippen LogP contribution in [0.4, 0.5) is 0 Å². The third kappa shape index (κ3) is 3.70. The first-order valence-electron chi connectivity index (χ1n) is 7.60. The van der Waals surface area contributed by atoms with Crippen LogP contribution in [0.25, 0.3) is 17.0 Å². The van der Waals surface area contributed by atoms with Gasteiger partial charge in [0.25, 0.3) is 0 Å². The molecule has 0 bridgehead atoms. The second kappa shape index (κ2) is 8.21. The van der Waals surface area contributed by atoms with Crippen molar-refractivity contribution in [1.82, 2.24) is 15.5 Å². The molecular formula is C17H19Cl2N3OS. The van der Waals surface area contributed by atoms with E-state index in [1.165, 1.54) is 10.3 Å². The fraction of sp³-hybridized carbons (Fsp3) is 0.294. The summed E-state index contributed by atoms with van der Waals surface area (Å²) < 4.78 is 0. The van der Waals surface area contributed by atoms with Gasteiger partial charge in [0.05, 0.1) is 11.2 Å². The number of rotatable bonds is 3. The molecule has 1 fully saturated rings. The van der Waals surface area contributed by atoms with E-state index < -0.39 is 0 Å². The number of hydrogen-bond donors (Lipinski definition) is 2. The molecule has 0 amide bonds. The van der Waals surface area contributed by atoms with Crippen LogP contribution in [0.5, 0.6) is 0 Å². The predicted molar refractivity (Wildman–Crippen MR) is 104 cm³/mol. The van der Waals surface area contributed by atoms with Gasteiger partial charge in [-0.1, -0.05) is 17.8 Å². The summed E-state index contributed by atoms with van der Waals surface area (Å²) in [5, 5.41) is 11.9. The van der Waals surface area contributed by atoms with Crippen molar-refractivity contribution in [3.63, 3.8) is 0 Å². The zero-order chi connectivity index (χ0) is 14.9. The maximum Gasteiger partial charge on any atom is 0.158 e. The van der Waals surface area contributed by atoms with Crippen LogP contribution < -0.4 is 5.32 Å². The van der Waals surface area contributed by atoms with Crippen LogP contribution in [-0.4, -0.2) is 29.1 Å². The van der Waals surface area contributed by atoms with Crippen LogP contribution in [-0.2, 0) is 4.79 Å². The average Bonchev–Trinajstić information content (AvgIpc) is 2.98. The van der Waals surface area contributed by atoms with Gasteiger partial charge in [-0.2, -0.15) is 5.10 Å². The van der Waals surface area contributed by atoms with Gasteiger partial charge in [-0.05, 0) is 56.3 Å². The summed E-state index contributed by atoms with van der Waals surface area (Å²) in [7, 11) is 0. The van der Waals surface area contributed by atoms with Crippen molar-refractivity contribution < 1.29 is 4.79 Å². The molecule has 0 spiro atoms. The molecule has 7 heteroatoms. The van der Waals surface area contributed by atoms with Gasteiger partial charge in [-0.15, -0.1) is 24.8 Å². The van der Waals surface area contributed by atoms with Crippen molar-refractivity contribution in [3.8, 4) is 0 Å². The van der Waals surface area contributed by atoms with Crippen LogP contribution in [0.15, 0.2) is 40.2 Å². The van der Waals surface area contributed by atoms with Gasteiger partial charge in [-0.25, -0.2) is 0 Å². The summed E-state index contributed by atoms with van der Waals surface area (Å²) in [5.74, 6) is 0.421. The summed E-state index contributed by atoms with van der Waals surface area (Å²) in [5.41, 5.74) is 2.02. The maximum atomic E-state index is 12.3. The van der Waals surface area contributed by atoms with Crippen molar-refractivity contribution in [2.75, 3.05) is 13.1 Å². The monoisotopic (exact) mass is 383 g/mol. The third-order valence-electron chi connectivity index (χ3n) is 4.24. The highest BCUT2D eigenvalue weighted by Crippen LogP contribution is 2.40. The van der Waals surface area contributed by atoms with Crippen LogP contribution in [0, 0.1) is 5.92 Å². The van der Waals surface area contributed by atoms with Gasteiger partial charge in [-0.3, -0.25) is 9.89 Å². The molecule has 0 radical (unpaired) electrons. The molecule has 128 valence electrons. The van der Waals surface area contributed by atoms with E-state index in [1.54, 1.807) is 17.8 Å². The van der Waals surface area contributed by atoms with E-state index in [0.29, 0.717) is 0 Å². The Morgan fingerprint density at radius 2 is 2.04 bits per heavy atom. The first kappa shape index (κ1) is 19.1. The molecule has 0 saturated carbocycles. The summed E-state index contributed by atoms with van der Waals surface area (Å²) in [4.78, 5) is 14.5. The van der Waals surface area contributed by atoms with Gasteiger partial charge >= 0.3 is 0 Å². The molecule has 0 unspecified atom stereocenters. The van der Waals surface area contributed by atoms with Crippen LogP contribution in [0.2, 0.25) is 0 Å². The average molecular weight is 384 g/mol. The lowest BCUT2D eigenvalue weighted by Crippen LogP contribution is -2.31. The zero-order valence-corrected chi connectivity index (χ0v) is 15.4. The topological polar surface area (TPSA) is 57.8 Å². The second-order valence-corrected chi connectivity index (χ2v) is 6.81. The predicted octanol–water partition coefficient (Wildman–Crippen LogP) is 3.98. The number of thioether (sulfide) groups is 1. The molecule has 4 nitrogen and oxygen atoms in total. The Morgan fingerprint density at radius 1 is 1.25 bits per heavy atom. The molecule has 24 heavy (non-hydrogen) atoms. The van der Waals surface area contributed by atoms with E-state index in [9.17, 15) is 4.79 Å². The van der Waals surface area contributed by atoms with Crippen molar-refractivity contribution in [2.45, 2.75) is 17.7 Å². The van der Waals surface area contributed by atoms with Gasteiger partial charge in [0.2, 0.25) is 0 Å². The first-order valence-corrected chi connectivity index (χ1v) is 8.42. The maximum absolute atomic E-state index is 12.3. The lowest BCUT2D eigenvalue weighted by molar-refractivity contribution is -0.118. The van der Waals surface area contributed by atoms with Crippen LogP contribution >= 0.6 is 36.6 Å². The largest absolute Gasteiger partial charge is 0.317 e. The number of ketones is 1. The van der Waals surface area contributed by atoms with E-state index in [4.69, 9.17) is 0 Å². The smallest absolute Gasteiger partial charge is 0.158 e. The molecule has 2 aromatic rings.